The first-order valence-corrected chi connectivity index (χ1v) is 6.25. The summed E-state index contributed by atoms with van der Waals surface area (Å²) in [7, 11) is 0. The minimum atomic E-state index is 0.0520. The highest BCUT2D eigenvalue weighted by Crippen LogP contribution is 2.41. The first-order chi connectivity index (χ1) is 7.84. The number of benzene rings is 1. The van der Waals surface area contributed by atoms with Crippen LogP contribution in [0.15, 0.2) is 52.2 Å². The average Bonchev–Trinajstić information content (AvgIpc) is 2.97. The van der Waals surface area contributed by atoms with Gasteiger partial charge in [0.25, 0.3) is 0 Å². The molecule has 0 radical (unpaired) electrons. The summed E-state index contributed by atoms with van der Waals surface area (Å²) >= 11 is 1.88. The second-order valence-corrected chi connectivity index (χ2v) is 5.33. The zero-order valence-corrected chi connectivity index (χ0v) is 9.61. The van der Waals surface area contributed by atoms with Crippen molar-refractivity contribution in [3.05, 3.63) is 54.0 Å². The van der Waals surface area contributed by atoms with E-state index in [0.717, 1.165) is 12.0 Å². The van der Waals surface area contributed by atoms with E-state index in [-0.39, 0.29) is 6.04 Å². The minimum absolute atomic E-state index is 0.0520. The zero-order valence-electron chi connectivity index (χ0n) is 8.80. The number of nitrogens with two attached hydrogens (primary N) is 1. The Kier molecular flexibility index (Phi) is 2.50. The third-order valence-corrected chi connectivity index (χ3v) is 4.42. The van der Waals surface area contributed by atoms with Crippen molar-refractivity contribution in [3.63, 3.8) is 0 Å². The highest BCUT2D eigenvalue weighted by Gasteiger charge is 2.28. The monoisotopic (exact) mass is 231 g/mol. The van der Waals surface area contributed by atoms with Gasteiger partial charge in [-0.05, 0) is 24.1 Å². The molecule has 82 valence electrons. The molecular weight excluding hydrogens is 218 g/mol. The molecule has 1 aliphatic heterocycles. The molecule has 1 aromatic carbocycles. The molecule has 0 fully saturated rings. The Morgan fingerprint density at radius 1 is 1.31 bits per heavy atom. The van der Waals surface area contributed by atoms with E-state index in [1.54, 1.807) is 12.5 Å². The van der Waals surface area contributed by atoms with Crippen LogP contribution in [0.1, 0.15) is 17.2 Å². The summed E-state index contributed by atoms with van der Waals surface area (Å²) in [5.41, 5.74) is 8.74. The number of hydrogen-bond donors (Lipinski definition) is 1. The van der Waals surface area contributed by atoms with Crippen LogP contribution in [-0.2, 0) is 6.42 Å². The molecule has 1 aliphatic rings. The molecule has 0 saturated heterocycles. The number of thioether (sulfide) groups is 1. The van der Waals surface area contributed by atoms with Gasteiger partial charge < -0.3 is 10.2 Å². The van der Waals surface area contributed by atoms with Crippen molar-refractivity contribution in [1.82, 2.24) is 0 Å². The van der Waals surface area contributed by atoms with E-state index in [1.807, 2.05) is 17.8 Å². The van der Waals surface area contributed by atoms with E-state index in [2.05, 4.69) is 24.3 Å². The van der Waals surface area contributed by atoms with Crippen LogP contribution in [0.25, 0.3) is 0 Å². The summed E-state index contributed by atoms with van der Waals surface area (Å²) < 4.78 is 5.08. The third-order valence-electron chi connectivity index (χ3n) is 3.00. The van der Waals surface area contributed by atoms with Crippen LogP contribution in [-0.4, -0.2) is 5.25 Å². The molecule has 0 aliphatic carbocycles. The van der Waals surface area contributed by atoms with Crippen LogP contribution in [0.4, 0.5) is 0 Å². The van der Waals surface area contributed by atoms with Gasteiger partial charge >= 0.3 is 0 Å². The molecule has 2 nitrogen and oxygen atoms in total. The van der Waals surface area contributed by atoms with E-state index < -0.39 is 0 Å². The van der Waals surface area contributed by atoms with Gasteiger partial charge in [-0.3, -0.25) is 0 Å². The number of furan rings is 1. The number of rotatable bonds is 2. The Labute approximate surface area is 98.8 Å². The van der Waals surface area contributed by atoms with Crippen LogP contribution in [0.3, 0.4) is 0 Å². The third kappa shape index (κ3) is 1.66. The normalized spacial score (nSPS) is 20.7. The van der Waals surface area contributed by atoms with Gasteiger partial charge in [-0.2, -0.15) is 0 Å². The van der Waals surface area contributed by atoms with Gasteiger partial charge in [0.1, 0.15) is 0 Å². The summed E-state index contributed by atoms with van der Waals surface area (Å²) in [5, 5.41) is 0.426. The second-order valence-electron chi connectivity index (χ2n) is 4.05. The first-order valence-electron chi connectivity index (χ1n) is 5.37. The fraction of sp³-hybridized carbons (Fsp3) is 0.231. The topological polar surface area (TPSA) is 39.2 Å². The summed E-state index contributed by atoms with van der Waals surface area (Å²) in [6.07, 6.45) is 4.48. The Bertz CT molecular complexity index is 455. The van der Waals surface area contributed by atoms with Crippen molar-refractivity contribution in [2.24, 2.45) is 5.73 Å². The Morgan fingerprint density at radius 3 is 2.94 bits per heavy atom. The molecule has 2 N–H and O–H groups in total. The van der Waals surface area contributed by atoms with Crippen LogP contribution in [0.5, 0.6) is 0 Å². The highest BCUT2D eigenvalue weighted by atomic mass is 32.2. The van der Waals surface area contributed by atoms with E-state index >= 15 is 0 Å². The number of hydrogen-bond acceptors (Lipinski definition) is 3. The van der Waals surface area contributed by atoms with Crippen molar-refractivity contribution < 1.29 is 4.42 Å². The maximum absolute atomic E-state index is 6.24. The second kappa shape index (κ2) is 4.00. The van der Waals surface area contributed by atoms with Crippen LogP contribution < -0.4 is 5.73 Å². The quantitative estimate of drug-likeness (QED) is 0.863. The lowest BCUT2D eigenvalue weighted by atomic mass is 10.0. The van der Waals surface area contributed by atoms with Crippen molar-refractivity contribution in [1.29, 1.82) is 0 Å². The van der Waals surface area contributed by atoms with Gasteiger partial charge in [-0.1, -0.05) is 18.2 Å². The molecule has 16 heavy (non-hydrogen) atoms. The van der Waals surface area contributed by atoms with E-state index in [9.17, 15) is 0 Å². The van der Waals surface area contributed by atoms with Gasteiger partial charge in [0.15, 0.2) is 0 Å². The van der Waals surface area contributed by atoms with Gasteiger partial charge in [-0.25, -0.2) is 0 Å². The molecule has 1 aromatic heterocycles. The van der Waals surface area contributed by atoms with E-state index in [0.29, 0.717) is 5.25 Å². The molecule has 2 unspecified atom stereocenters. The smallest absolute Gasteiger partial charge is 0.0950 e. The summed E-state index contributed by atoms with van der Waals surface area (Å²) in [4.78, 5) is 1.37. The maximum Gasteiger partial charge on any atom is 0.0950 e. The van der Waals surface area contributed by atoms with E-state index in [4.69, 9.17) is 10.2 Å². The van der Waals surface area contributed by atoms with Crippen LogP contribution in [0.2, 0.25) is 0 Å². The Hall–Kier alpha value is -1.19. The molecule has 0 bridgehead atoms. The lowest BCUT2D eigenvalue weighted by Crippen LogP contribution is -2.22. The van der Waals surface area contributed by atoms with Gasteiger partial charge in [0, 0.05) is 21.8 Å². The lowest BCUT2D eigenvalue weighted by Gasteiger charge is -2.16. The van der Waals surface area contributed by atoms with Gasteiger partial charge in [0.2, 0.25) is 0 Å². The molecule has 0 saturated carbocycles. The Balaban J connectivity index is 1.81. The standard InChI is InChI=1S/C13H13NOS/c14-13(10-5-6-15-8-10)12-7-9-3-1-2-4-11(9)16-12/h1-6,8,12-13H,7,14H2. The summed E-state index contributed by atoms with van der Waals surface area (Å²) in [6.45, 7) is 0. The van der Waals surface area contributed by atoms with Gasteiger partial charge in [-0.15, -0.1) is 11.8 Å². The number of fused-ring (bicyclic) bond motifs is 1. The molecule has 2 heterocycles. The van der Waals surface area contributed by atoms with Gasteiger partial charge in [0.05, 0.1) is 12.5 Å². The van der Waals surface area contributed by atoms with Crippen molar-refractivity contribution in [2.45, 2.75) is 22.6 Å². The molecule has 0 spiro atoms. The lowest BCUT2D eigenvalue weighted by molar-refractivity contribution is 0.556. The predicted octanol–water partition coefficient (Wildman–Crippen LogP) is 3.00. The van der Waals surface area contributed by atoms with E-state index in [1.165, 1.54) is 10.5 Å². The van der Waals surface area contributed by atoms with Crippen molar-refractivity contribution in [3.8, 4) is 0 Å². The van der Waals surface area contributed by atoms with Crippen molar-refractivity contribution in [2.75, 3.05) is 0 Å². The molecular formula is C13H13NOS. The van der Waals surface area contributed by atoms with Crippen LogP contribution in [0, 0.1) is 0 Å². The average molecular weight is 231 g/mol. The highest BCUT2D eigenvalue weighted by molar-refractivity contribution is 8.00. The molecule has 2 atom stereocenters. The molecule has 3 rings (SSSR count). The fourth-order valence-corrected chi connectivity index (χ4v) is 3.44. The maximum atomic E-state index is 6.24. The minimum Gasteiger partial charge on any atom is -0.472 e. The molecule has 0 amide bonds. The molecule has 3 heteroatoms. The Morgan fingerprint density at radius 2 is 2.19 bits per heavy atom. The summed E-state index contributed by atoms with van der Waals surface area (Å²) in [5.74, 6) is 0. The van der Waals surface area contributed by atoms with Crippen molar-refractivity contribution >= 4 is 11.8 Å². The SMILES string of the molecule is NC(c1ccoc1)C1Cc2ccccc2S1. The predicted molar refractivity (Wildman–Crippen MR) is 65.4 cm³/mol. The summed E-state index contributed by atoms with van der Waals surface area (Å²) in [6, 6.07) is 10.5. The fourth-order valence-electron chi connectivity index (χ4n) is 2.09. The largest absolute Gasteiger partial charge is 0.472 e. The van der Waals surface area contributed by atoms with Crippen LogP contribution >= 0.6 is 11.8 Å². The first kappa shape index (κ1) is 10.00. The molecule has 2 aromatic rings. The zero-order chi connectivity index (χ0) is 11.0.